The van der Waals surface area contributed by atoms with Crippen molar-refractivity contribution in [3.8, 4) is 6.07 Å². The first-order chi connectivity index (χ1) is 7.31. The van der Waals surface area contributed by atoms with Gasteiger partial charge in [-0.3, -0.25) is 4.90 Å². The molecule has 1 aromatic carbocycles. The molecular weight excluding hydrogens is 208 g/mol. The smallest absolute Gasteiger partial charge is 0.123 e. The lowest BCUT2D eigenvalue weighted by Gasteiger charge is -2.21. The summed E-state index contributed by atoms with van der Waals surface area (Å²) < 4.78 is 0. The minimum Gasteiger partial charge on any atom is -0.284 e. The molecule has 0 N–H and O–H groups in total. The van der Waals surface area contributed by atoms with Gasteiger partial charge in [0, 0.05) is 5.02 Å². The van der Waals surface area contributed by atoms with Gasteiger partial charge in [-0.2, -0.15) is 5.26 Å². The quantitative estimate of drug-likeness (QED) is 0.766. The number of nitriles is 1. The number of likely N-dealkylation sites (tertiary alicyclic amines) is 1. The molecule has 0 saturated carbocycles. The number of hydrogen-bond acceptors (Lipinski definition) is 2. The van der Waals surface area contributed by atoms with Gasteiger partial charge in [-0.15, -0.1) is 0 Å². The molecule has 3 heteroatoms. The highest BCUT2D eigenvalue weighted by atomic mass is 35.5. The summed E-state index contributed by atoms with van der Waals surface area (Å²) in [5.74, 6) is 0. The van der Waals surface area contributed by atoms with Gasteiger partial charge in [0.05, 0.1) is 6.07 Å². The second-order valence-corrected chi connectivity index (χ2v) is 4.26. The van der Waals surface area contributed by atoms with Crippen LogP contribution in [-0.2, 0) is 0 Å². The van der Waals surface area contributed by atoms with E-state index in [1.54, 1.807) is 0 Å². The Bertz CT molecular complexity index is 360. The molecule has 0 amide bonds. The van der Waals surface area contributed by atoms with E-state index >= 15 is 0 Å². The van der Waals surface area contributed by atoms with E-state index < -0.39 is 0 Å². The molecule has 2 rings (SSSR count). The lowest BCUT2D eigenvalue weighted by molar-refractivity contribution is 0.294. The molecule has 1 aliphatic rings. The van der Waals surface area contributed by atoms with Crippen LogP contribution in [0.25, 0.3) is 0 Å². The first-order valence-corrected chi connectivity index (χ1v) is 5.58. The summed E-state index contributed by atoms with van der Waals surface area (Å²) in [7, 11) is 0. The normalized spacial score (nSPS) is 18.7. The molecule has 1 saturated heterocycles. The molecule has 78 valence electrons. The maximum atomic E-state index is 9.18. The van der Waals surface area contributed by atoms with Gasteiger partial charge in [-0.25, -0.2) is 0 Å². The van der Waals surface area contributed by atoms with E-state index in [1.807, 2.05) is 24.3 Å². The predicted molar refractivity (Wildman–Crippen MR) is 60.6 cm³/mol. The zero-order chi connectivity index (χ0) is 10.7. The summed E-state index contributed by atoms with van der Waals surface area (Å²) in [6.45, 7) is 2.06. The average Bonchev–Trinajstić information content (AvgIpc) is 2.75. The molecule has 1 atom stereocenters. The van der Waals surface area contributed by atoms with Crippen LogP contribution in [0.2, 0.25) is 5.02 Å². The van der Waals surface area contributed by atoms with E-state index in [0.717, 1.165) is 23.7 Å². The summed E-state index contributed by atoms with van der Waals surface area (Å²) in [6.07, 6.45) is 2.40. The van der Waals surface area contributed by atoms with Crippen LogP contribution >= 0.6 is 11.6 Å². The van der Waals surface area contributed by atoms with Crippen LogP contribution < -0.4 is 0 Å². The number of hydrogen-bond donors (Lipinski definition) is 0. The molecule has 1 aromatic rings. The van der Waals surface area contributed by atoms with Gasteiger partial charge in [0.15, 0.2) is 0 Å². The Labute approximate surface area is 95.1 Å². The maximum absolute atomic E-state index is 9.18. The lowest BCUT2D eigenvalue weighted by Crippen LogP contribution is -2.24. The van der Waals surface area contributed by atoms with Crippen LogP contribution in [-0.4, -0.2) is 18.0 Å². The second kappa shape index (κ2) is 4.65. The van der Waals surface area contributed by atoms with Gasteiger partial charge in [-0.05, 0) is 43.6 Å². The first-order valence-electron chi connectivity index (χ1n) is 5.20. The molecule has 15 heavy (non-hydrogen) atoms. The van der Waals surface area contributed by atoms with Crippen LogP contribution in [0.5, 0.6) is 0 Å². The highest BCUT2D eigenvalue weighted by molar-refractivity contribution is 6.30. The van der Waals surface area contributed by atoms with Gasteiger partial charge < -0.3 is 0 Å². The fourth-order valence-electron chi connectivity index (χ4n) is 2.01. The molecule has 1 heterocycles. The van der Waals surface area contributed by atoms with Crippen LogP contribution in [0.4, 0.5) is 0 Å². The summed E-state index contributed by atoms with van der Waals surface area (Å²) in [6, 6.07) is 9.82. The molecule has 2 nitrogen and oxygen atoms in total. The average molecular weight is 221 g/mol. The van der Waals surface area contributed by atoms with Crippen molar-refractivity contribution in [2.24, 2.45) is 0 Å². The highest BCUT2D eigenvalue weighted by Gasteiger charge is 2.22. The van der Waals surface area contributed by atoms with E-state index in [0.29, 0.717) is 0 Å². The minimum atomic E-state index is -0.107. The SMILES string of the molecule is N#C[C@@H](c1ccc(Cl)cc1)N1CCCC1. The van der Waals surface area contributed by atoms with E-state index in [9.17, 15) is 5.26 Å². The van der Waals surface area contributed by atoms with Gasteiger partial charge >= 0.3 is 0 Å². The summed E-state index contributed by atoms with van der Waals surface area (Å²) in [5.41, 5.74) is 1.05. The van der Waals surface area contributed by atoms with Gasteiger partial charge in [0.1, 0.15) is 6.04 Å². The Kier molecular flexibility index (Phi) is 3.25. The maximum Gasteiger partial charge on any atom is 0.123 e. The monoisotopic (exact) mass is 220 g/mol. The van der Waals surface area contributed by atoms with E-state index in [1.165, 1.54) is 12.8 Å². The van der Waals surface area contributed by atoms with Crippen LogP contribution in [0.15, 0.2) is 24.3 Å². The fraction of sp³-hybridized carbons (Fsp3) is 0.417. The number of benzene rings is 1. The van der Waals surface area contributed by atoms with Gasteiger partial charge in [0.2, 0.25) is 0 Å². The van der Waals surface area contributed by atoms with E-state index in [4.69, 9.17) is 11.6 Å². The van der Waals surface area contributed by atoms with Crippen molar-refractivity contribution in [2.45, 2.75) is 18.9 Å². The molecule has 0 radical (unpaired) electrons. The Balaban J connectivity index is 2.19. The van der Waals surface area contributed by atoms with E-state index in [2.05, 4.69) is 11.0 Å². The molecule has 0 bridgehead atoms. The zero-order valence-electron chi connectivity index (χ0n) is 8.49. The second-order valence-electron chi connectivity index (χ2n) is 3.83. The molecule has 0 unspecified atom stereocenters. The predicted octanol–water partition coefficient (Wildman–Crippen LogP) is 3.00. The van der Waals surface area contributed by atoms with Crippen molar-refractivity contribution in [1.82, 2.24) is 4.90 Å². The van der Waals surface area contributed by atoms with Crippen molar-refractivity contribution in [2.75, 3.05) is 13.1 Å². The Hall–Kier alpha value is -1.04. The van der Waals surface area contributed by atoms with Crippen molar-refractivity contribution in [3.63, 3.8) is 0 Å². The Morgan fingerprint density at radius 2 is 1.80 bits per heavy atom. The Morgan fingerprint density at radius 3 is 2.33 bits per heavy atom. The zero-order valence-corrected chi connectivity index (χ0v) is 9.24. The van der Waals surface area contributed by atoms with Crippen molar-refractivity contribution >= 4 is 11.6 Å². The van der Waals surface area contributed by atoms with Crippen LogP contribution in [0.3, 0.4) is 0 Å². The third kappa shape index (κ3) is 2.31. The van der Waals surface area contributed by atoms with Crippen molar-refractivity contribution in [1.29, 1.82) is 5.26 Å². The summed E-state index contributed by atoms with van der Waals surface area (Å²) in [5, 5.41) is 9.90. The Morgan fingerprint density at radius 1 is 1.20 bits per heavy atom. The van der Waals surface area contributed by atoms with Crippen LogP contribution in [0, 0.1) is 11.3 Å². The third-order valence-corrected chi connectivity index (χ3v) is 3.07. The third-order valence-electron chi connectivity index (χ3n) is 2.81. The molecule has 1 fully saturated rings. The topological polar surface area (TPSA) is 27.0 Å². The largest absolute Gasteiger partial charge is 0.284 e. The van der Waals surface area contributed by atoms with Crippen molar-refractivity contribution in [3.05, 3.63) is 34.9 Å². The fourth-order valence-corrected chi connectivity index (χ4v) is 2.14. The molecule has 0 aromatic heterocycles. The molecule has 0 spiro atoms. The van der Waals surface area contributed by atoms with Gasteiger partial charge in [0.25, 0.3) is 0 Å². The number of nitrogens with zero attached hydrogens (tertiary/aromatic N) is 2. The van der Waals surface area contributed by atoms with Crippen molar-refractivity contribution < 1.29 is 0 Å². The molecule has 0 aliphatic carbocycles. The lowest BCUT2D eigenvalue weighted by atomic mass is 10.1. The standard InChI is InChI=1S/C12H13ClN2/c13-11-5-3-10(4-6-11)12(9-14)15-7-1-2-8-15/h3-6,12H,1-2,7-8H2/t12-/m0/s1. The molecular formula is C12H13ClN2. The number of rotatable bonds is 2. The first kappa shape index (κ1) is 10.5. The van der Waals surface area contributed by atoms with E-state index in [-0.39, 0.29) is 6.04 Å². The summed E-state index contributed by atoms with van der Waals surface area (Å²) in [4.78, 5) is 2.23. The minimum absolute atomic E-state index is 0.107. The molecule has 1 aliphatic heterocycles. The van der Waals surface area contributed by atoms with Gasteiger partial charge in [-0.1, -0.05) is 23.7 Å². The van der Waals surface area contributed by atoms with Crippen LogP contribution in [0.1, 0.15) is 24.4 Å². The highest BCUT2D eigenvalue weighted by Crippen LogP contribution is 2.25. The number of halogens is 1. The summed E-state index contributed by atoms with van der Waals surface area (Å²) >= 11 is 5.82.